The summed E-state index contributed by atoms with van der Waals surface area (Å²) in [5, 5.41) is 5.11. The van der Waals surface area contributed by atoms with Gasteiger partial charge in [0.1, 0.15) is 6.61 Å². The van der Waals surface area contributed by atoms with Crippen molar-refractivity contribution < 1.29 is 4.84 Å². The first-order valence-electron chi connectivity index (χ1n) is 5.92. The second kappa shape index (κ2) is 6.89. The number of rotatable bonds is 4. The molecule has 0 saturated carbocycles. The molecule has 0 aliphatic rings. The van der Waals surface area contributed by atoms with Gasteiger partial charge in [0.25, 0.3) is 0 Å². The zero-order valence-electron chi connectivity index (χ0n) is 10.8. The molecule has 2 aromatic rings. The van der Waals surface area contributed by atoms with Crippen LogP contribution in [0.5, 0.6) is 0 Å². The van der Waals surface area contributed by atoms with Crippen LogP contribution in [0.1, 0.15) is 11.1 Å². The van der Waals surface area contributed by atoms with Crippen molar-refractivity contribution in [2.24, 2.45) is 10.9 Å². The molecule has 0 aromatic heterocycles. The number of hydrogen-bond donors (Lipinski definition) is 2. The van der Waals surface area contributed by atoms with Crippen LogP contribution in [-0.4, -0.2) is 5.84 Å². The van der Waals surface area contributed by atoms with E-state index in [9.17, 15) is 0 Å². The number of oxime groups is 1. The first-order valence-corrected chi connectivity index (χ1v) is 7.05. The summed E-state index contributed by atoms with van der Waals surface area (Å²) in [5.74, 6) is 0.160. The zero-order chi connectivity index (χ0) is 15.4. The third kappa shape index (κ3) is 4.17. The molecule has 0 bridgehead atoms. The number of halogens is 3. The number of nitrogen functional groups attached to an aromatic ring is 1. The molecule has 0 fully saturated rings. The Bertz CT molecular complexity index is 649. The van der Waals surface area contributed by atoms with Crippen molar-refractivity contribution in [1.29, 1.82) is 0 Å². The third-order valence-corrected chi connectivity index (χ3v) is 3.56. The van der Waals surface area contributed by atoms with Gasteiger partial charge in [-0.2, -0.15) is 0 Å². The van der Waals surface area contributed by atoms with Crippen molar-refractivity contribution in [1.82, 2.24) is 0 Å². The lowest BCUT2D eigenvalue weighted by Gasteiger charge is -2.06. The number of benzene rings is 2. The molecule has 2 rings (SSSR count). The fourth-order valence-electron chi connectivity index (χ4n) is 1.54. The molecule has 0 heterocycles. The lowest BCUT2D eigenvalue weighted by atomic mass is 10.2. The van der Waals surface area contributed by atoms with Gasteiger partial charge in [-0.1, -0.05) is 52.1 Å². The average molecular weight is 345 g/mol. The Morgan fingerprint density at radius 2 is 1.62 bits per heavy atom. The van der Waals surface area contributed by atoms with E-state index in [-0.39, 0.29) is 12.4 Å². The second-order valence-corrected chi connectivity index (χ2v) is 5.48. The van der Waals surface area contributed by atoms with Crippen LogP contribution in [0, 0.1) is 0 Å². The van der Waals surface area contributed by atoms with E-state index in [2.05, 4.69) is 5.16 Å². The van der Waals surface area contributed by atoms with Crippen LogP contribution in [0.3, 0.4) is 0 Å². The highest BCUT2D eigenvalue weighted by atomic mass is 35.5. The smallest absolute Gasteiger partial charge is 0.170 e. The lowest BCUT2D eigenvalue weighted by molar-refractivity contribution is 0.130. The first-order chi connectivity index (χ1) is 9.97. The van der Waals surface area contributed by atoms with Crippen molar-refractivity contribution in [2.75, 3.05) is 5.73 Å². The van der Waals surface area contributed by atoms with Gasteiger partial charge in [-0.15, -0.1) is 0 Å². The molecular weight excluding hydrogens is 333 g/mol. The summed E-state index contributed by atoms with van der Waals surface area (Å²) >= 11 is 17.7. The fraction of sp³-hybridized carbons (Fsp3) is 0.0714. The number of hydrogen-bond acceptors (Lipinski definition) is 3. The number of nitrogens with two attached hydrogens (primary N) is 2. The summed E-state index contributed by atoms with van der Waals surface area (Å²) in [6.45, 7) is 0.272. The molecule has 110 valence electrons. The summed E-state index contributed by atoms with van der Waals surface area (Å²) in [4.78, 5) is 5.19. The Balaban J connectivity index is 2.06. The summed E-state index contributed by atoms with van der Waals surface area (Å²) in [7, 11) is 0. The topological polar surface area (TPSA) is 73.6 Å². The van der Waals surface area contributed by atoms with Gasteiger partial charge in [0.2, 0.25) is 0 Å². The van der Waals surface area contributed by atoms with Crippen molar-refractivity contribution in [2.45, 2.75) is 6.61 Å². The van der Waals surface area contributed by atoms with Crippen LogP contribution in [0.25, 0.3) is 0 Å². The highest BCUT2D eigenvalue weighted by Gasteiger charge is 2.08. The standard InChI is InChI=1S/C14H12Cl3N3O/c15-10-3-1-8(2-4-10)7-21-20-14(19)9-5-11(16)13(18)12(17)6-9/h1-6H,7,18H2,(H2,19,20). The van der Waals surface area contributed by atoms with Gasteiger partial charge in [-0.3, -0.25) is 0 Å². The highest BCUT2D eigenvalue weighted by molar-refractivity contribution is 6.39. The zero-order valence-corrected chi connectivity index (χ0v) is 13.1. The van der Waals surface area contributed by atoms with Crippen LogP contribution in [0.4, 0.5) is 5.69 Å². The molecule has 0 radical (unpaired) electrons. The van der Waals surface area contributed by atoms with Gasteiger partial charge >= 0.3 is 0 Å². The molecule has 0 atom stereocenters. The van der Waals surface area contributed by atoms with E-state index < -0.39 is 0 Å². The van der Waals surface area contributed by atoms with E-state index in [1.165, 1.54) is 0 Å². The summed E-state index contributed by atoms with van der Waals surface area (Å²) in [5.41, 5.74) is 13.2. The third-order valence-electron chi connectivity index (χ3n) is 2.68. The lowest BCUT2D eigenvalue weighted by Crippen LogP contribution is -2.14. The van der Waals surface area contributed by atoms with Crippen LogP contribution >= 0.6 is 34.8 Å². The molecule has 0 amide bonds. The predicted octanol–water partition coefficient (Wildman–Crippen LogP) is 4.07. The van der Waals surface area contributed by atoms with E-state index in [0.717, 1.165) is 5.56 Å². The van der Waals surface area contributed by atoms with Crippen LogP contribution < -0.4 is 11.5 Å². The van der Waals surface area contributed by atoms with Gasteiger partial charge in [-0.05, 0) is 29.8 Å². The SMILES string of the molecule is N/C(=N\OCc1ccc(Cl)cc1)c1cc(Cl)c(N)c(Cl)c1. The van der Waals surface area contributed by atoms with Gasteiger partial charge < -0.3 is 16.3 Å². The van der Waals surface area contributed by atoms with E-state index in [1.54, 1.807) is 24.3 Å². The quantitative estimate of drug-likeness (QED) is 0.380. The summed E-state index contributed by atoms with van der Waals surface area (Å²) in [6.07, 6.45) is 0. The summed E-state index contributed by atoms with van der Waals surface area (Å²) < 4.78 is 0. The predicted molar refractivity (Wildman–Crippen MR) is 87.8 cm³/mol. The summed E-state index contributed by atoms with van der Waals surface area (Å²) in [6, 6.07) is 10.4. The maximum absolute atomic E-state index is 5.93. The van der Waals surface area contributed by atoms with Crippen LogP contribution in [-0.2, 0) is 11.4 Å². The van der Waals surface area contributed by atoms with Crippen molar-refractivity contribution in [3.8, 4) is 0 Å². The Morgan fingerprint density at radius 1 is 1.05 bits per heavy atom. The number of nitrogens with zero attached hydrogens (tertiary/aromatic N) is 1. The van der Waals surface area contributed by atoms with Crippen LogP contribution in [0.15, 0.2) is 41.6 Å². The molecule has 4 N–H and O–H groups in total. The monoisotopic (exact) mass is 343 g/mol. The minimum Gasteiger partial charge on any atom is -0.396 e. The highest BCUT2D eigenvalue weighted by Crippen LogP contribution is 2.28. The second-order valence-electron chi connectivity index (χ2n) is 4.23. The van der Waals surface area contributed by atoms with E-state index in [0.29, 0.717) is 26.3 Å². The largest absolute Gasteiger partial charge is 0.396 e. The van der Waals surface area contributed by atoms with Gasteiger partial charge in [-0.25, -0.2) is 0 Å². The Morgan fingerprint density at radius 3 is 2.19 bits per heavy atom. The molecule has 0 spiro atoms. The van der Waals surface area contributed by atoms with Gasteiger partial charge in [0, 0.05) is 10.6 Å². The maximum Gasteiger partial charge on any atom is 0.170 e. The van der Waals surface area contributed by atoms with E-state index in [1.807, 2.05) is 12.1 Å². The molecular formula is C14H12Cl3N3O. The molecule has 0 unspecified atom stereocenters. The molecule has 7 heteroatoms. The van der Waals surface area contributed by atoms with E-state index >= 15 is 0 Å². The van der Waals surface area contributed by atoms with Gasteiger partial charge in [0.15, 0.2) is 5.84 Å². The maximum atomic E-state index is 5.93. The molecule has 0 aliphatic heterocycles. The van der Waals surface area contributed by atoms with Crippen molar-refractivity contribution in [3.63, 3.8) is 0 Å². The van der Waals surface area contributed by atoms with Gasteiger partial charge in [0.05, 0.1) is 15.7 Å². The molecule has 2 aromatic carbocycles. The molecule has 0 aliphatic carbocycles. The van der Waals surface area contributed by atoms with Crippen molar-refractivity contribution >= 4 is 46.3 Å². The van der Waals surface area contributed by atoms with Crippen molar-refractivity contribution in [3.05, 3.63) is 62.6 Å². The molecule has 4 nitrogen and oxygen atoms in total. The minimum absolute atomic E-state index is 0.160. The number of anilines is 1. The Hall–Kier alpha value is -1.62. The average Bonchev–Trinajstić information content (AvgIpc) is 2.46. The fourth-order valence-corrected chi connectivity index (χ4v) is 2.15. The molecule has 21 heavy (non-hydrogen) atoms. The molecule has 0 saturated heterocycles. The number of amidine groups is 1. The minimum atomic E-state index is 0.160. The van der Waals surface area contributed by atoms with Crippen LogP contribution in [0.2, 0.25) is 15.1 Å². The Kier molecular flexibility index (Phi) is 5.17. The Labute approximate surface area is 137 Å². The van der Waals surface area contributed by atoms with E-state index in [4.69, 9.17) is 51.1 Å². The first kappa shape index (κ1) is 15.8. The normalized spacial score (nSPS) is 11.5.